The lowest BCUT2D eigenvalue weighted by atomic mass is 9.96. The first-order valence-corrected chi connectivity index (χ1v) is 7.68. The van der Waals surface area contributed by atoms with Crippen molar-refractivity contribution in [2.24, 2.45) is 0 Å². The van der Waals surface area contributed by atoms with E-state index in [-0.39, 0.29) is 6.03 Å². The number of nitrogens with zero attached hydrogens (tertiary/aromatic N) is 1. The van der Waals surface area contributed by atoms with E-state index in [1.54, 1.807) is 11.8 Å². The summed E-state index contributed by atoms with van der Waals surface area (Å²) in [5.41, 5.74) is -1.18. The summed E-state index contributed by atoms with van der Waals surface area (Å²) in [7, 11) is 0. The zero-order valence-electron chi connectivity index (χ0n) is 12.1. The van der Waals surface area contributed by atoms with Crippen LogP contribution in [0, 0.1) is 0 Å². The second kappa shape index (κ2) is 6.50. The van der Waals surface area contributed by atoms with Crippen molar-refractivity contribution >= 4 is 23.8 Å². The van der Waals surface area contributed by atoms with Crippen molar-refractivity contribution < 1.29 is 14.7 Å². The molecule has 0 bridgehead atoms. The molecule has 1 fully saturated rings. The number of rotatable bonds is 4. The Bertz CT molecular complexity index is 341. The predicted octanol–water partition coefficient (Wildman–Crippen LogP) is 2.17. The van der Waals surface area contributed by atoms with Crippen molar-refractivity contribution in [3.05, 3.63) is 0 Å². The summed E-state index contributed by atoms with van der Waals surface area (Å²) in [6, 6.07) is -0.266. The third-order valence-electron chi connectivity index (χ3n) is 3.31. The van der Waals surface area contributed by atoms with Crippen LogP contribution in [-0.2, 0) is 4.79 Å². The van der Waals surface area contributed by atoms with Crippen molar-refractivity contribution in [2.45, 2.75) is 56.6 Å². The number of thioether (sulfide) groups is 1. The average molecular weight is 288 g/mol. The standard InChI is InChI=1S/C13H24N2O3S/c1-5-6-13(4,11(16)17)14-12(18)15-7-9(2)19-10(3)8-15/h9-10H,5-8H2,1-4H3,(H,14,18)(H,16,17). The fourth-order valence-electron chi connectivity index (χ4n) is 2.38. The van der Waals surface area contributed by atoms with Crippen LogP contribution in [0.5, 0.6) is 0 Å². The zero-order chi connectivity index (χ0) is 14.6. The van der Waals surface area contributed by atoms with Crippen LogP contribution in [-0.4, -0.2) is 51.1 Å². The minimum absolute atomic E-state index is 0.266. The molecule has 0 aliphatic carbocycles. The molecule has 0 spiro atoms. The van der Waals surface area contributed by atoms with E-state index in [0.29, 0.717) is 36.4 Å². The van der Waals surface area contributed by atoms with Gasteiger partial charge in [-0.2, -0.15) is 11.8 Å². The van der Waals surface area contributed by atoms with Gasteiger partial charge < -0.3 is 15.3 Å². The molecule has 3 atom stereocenters. The van der Waals surface area contributed by atoms with Gasteiger partial charge in [-0.05, 0) is 13.3 Å². The van der Waals surface area contributed by atoms with Gasteiger partial charge in [0.15, 0.2) is 0 Å². The summed E-state index contributed by atoms with van der Waals surface area (Å²) in [6.45, 7) is 8.99. The van der Waals surface area contributed by atoms with Crippen LogP contribution < -0.4 is 5.32 Å². The second-order valence-electron chi connectivity index (χ2n) is 5.48. The minimum atomic E-state index is -1.18. The van der Waals surface area contributed by atoms with Gasteiger partial charge in [0.1, 0.15) is 5.54 Å². The first-order chi connectivity index (χ1) is 8.78. The van der Waals surface area contributed by atoms with Gasteiger partial charge in [-0.3, -0.25) is 0 Å². The maximum Gasteiger partial charge on any atom is 0.329 e. The van der Waals surface area contributed by atoms with Gasteiger partial charge in [0.25, 0.3) is 0 Å². The smallest absolute Gasteiger partial charge is 0.329 e. The number of carboxylic acid groups (broad SMARTS) is 1. The Morgan fingerprint density at radius 2 is 1.89 bits per heavy atom. The van der Waals surface area contributed by atoms with Crippen molar-refractivity contribution in [1.29, 1.82) is 0 Å². The van der Waals surface area contributed by atoms with E-state index in [2.05, 4.69) is 19.2 Å². The molecule has 5 nitrogen and oxygen atoms in total. The van der Waals surface area contributed by atoms with Gasteiger partial charge in [-0.1, -0.05) is 27.2 Å². The number of aliphatic carboxylic acids is 1. The molecule has 1 saturated heterocycles. The Hall–Kier alpha value is -0.910. The number of carbonyl (C=O) groups excluding carboxylic acids is 1. The van der Waals surface area contributed by atoms with E-state index in [4.69, 9.17) is 0 Å². The fourth-order valence-corrected chi connectivity index (χ4v) is 3.71. The maximum atomic E-state index is 12.2. The summed E-state index contributed by atoms with van der Waals surface area (Å²) in [5.74, 6) is -0.977. The van der Waals surface area contributed by atoms with E-state index in [1.165, 1.54) is 0 Å². The predicted molar refractivity (Wildman–Crippen MR) is 77.6 cm³/mol. The Morgan fingerprint density at radius 3 is 2.32 bits per heavy atom. The molecular formula is C13H24N2O3S. The van der Waals surface area contributed by atoms with Gasteiger partial charge in [0.2, 0.25) is 0 Å². The average Bonchev–Trinajstić information content (AvgIpc) is 2.27. The maximum absolute atomic E-state index is 12.2. The molecule has 1 aliphatic heterocycles. The van der Waals surface area contributed by atoms with Gasteiger partial charge >= 0.3 is 12.0 Å². The molecule has 6 heteroatoms. The highest BCUT2D eigenvalue weighted by Gasteiger charge is 2.36. The monoisotopic (exact) mass is 288 g/mol. The van der Waals surface area contributed by atoms with Gasteiger partial charge in [-0.25, -0.2) is 9.59 Å². The molecular weight excluding hydrogens is 264 g/mol. The number of carboxylic acids is 1. The molecule has 1 heterocycles. The fraction of sp³-hybridized carbons (Fsp3) is 0.846. The molecule has 110 valence electrons. The lowest BCUT2D eigenvalue weighted by Crippen LogP contribution is -2.58. The van der Waals surface area contributed by atoms with Crippen LogP contribution in [0.15, 0.2) is 0 Å². The number of carbonyl (C=O) groups is 2. The molecule has 0 aromatic carbocycles. The van der Waals surface area contributed by atoms with Crippen LogP contribution in [0.4, 0.5) is 4.79 Å². The minimum Gasteiger partial charge on any atom is -0.480 e. The SMILES string of the molecule is CCCC(C)(NC(=O)N1CC(C)SC(C)C1)C(=O)O. The zero-order valence-corrected chi connectivity index (χ0v) is 12.9. The number of nitrogens with one attached hydrogen (secondary N) is 1. The molecule has 1 rings (SSSR count). The molecule has 1 aliphatic rings. The summed E-state index contributed by atoms with van der Waals surface area (Å²) >= 11 is 1.86. The van der Waals surface area contributed by atoms with Gasteiger partial charge in [0.05, 0.1) is 0 Å². The number of hydrogen-bond acceptors (Lipinski definition) is 3. The van der Waals surface area contributed by atoms with Gasteiger partial charge in [-0.15, -0.1) is 0 Å². The van der Waals surface area contributed by atoms with Crippen LogP contribution >= 0.6 is 11.8 Å². The molecule has 2 N–H and O–H groups in total. The number of urea groups is 1. The lowest BCUT2D eigenvalue weighted by Gasteiger charge is -2.37. The second-order valence-corrected chi connectivity index (χ2v) is 7.36. The quantitative estimate of drug-likeness (QED) is 0.832. The first-order valence-electron chi connectivity index (χ1n) is 6.74. The van der Waals surface area contributed by atoms with Crippen molar-refractivity contribution in [3.63, 3.8) is 0 Å². The third-order valence-corrected chi connectivity index (χ3v) is 4.54. The van der Waals surface area contributed by atoms with E-state index in [0.717, 1.165) is 0 Å². The highest BCUT2D eigenvalue weighted by Crippen LogP contribution is 2.25. The molecule has 0 radical (unpaired) electrons. The largest absolute Gasteiger partial charge is 0.480 e. The summed E-state index contributed by atoms with van der Waals surface area (Å²) in [6.07, 6.45) is 1.15. The first kappa shape index (κ1) is 16.1. The van der Waals surface area contributed by atoms with E-state index < -0.39 is 11.5 Å². The topological polar surface area (TPSA) is 69.6 Å². The van der Waals surface area contributed by atoms with Crippen LogP contribution in [0.1, 0.15) is 40.5 Å². The van der Waals surface area contributed by atoms with Gasteiger partial charge in [0, 0.05) is 23.6 Å². The van der Waals surface area contributed by atoms with Crippen LogP contribution in [0.25, 0.3) is 0 Å². The van der Waals surface area contributed by atoms with Crippen LogP contribution in [0.2, 0.25) is 0 Å². The molecule has 0 saturated carbocycles. The number of amides is 2. The Balaban J connectivity index is 2.69. The van der Waals surface area contributed by atoms with Crippen molar-refractivity contribution in [1.82, 2.24) is 10.2 Å². The Kier molecular flexibility index (Phi) is 5.52. The molecule has 0 aromatic heterocycles. The summed E-state index contributed by atoms with van der Waals surface area (Å²) in [5, 5.41) is 12.7. The third kappa shape index (κ3) is 4.30. The molecule has 0 aromatic rings. The highest BCUT2D eigenvalue weighted by molar-refractivity contribution is 8.00. The van der Waals surface area contributed by atoms with Crippen molar-refractivity contribution in [2.75, 3.05) is 13.1 Å². The van der Waals surface area contributed by atoms with E-state index >= 15 is 0 Å². The lowest BCUT2D eigenvalue weighted by molar-refractivity contribution is -0.144. The normalized spacial score (nSPS) is 26.6. The summed E-state index contributed by atoms with van der Waals surface area (Å²) < 4.78 is 0. The van der Waals surface area contributed by atoms with E-state index in [1.807, 2.05) is 18.7 Å². The van der Waals surface area contributed by atoms with E-state index in [9.17, 15) is 14.7 Å². The Labute approximate surface area is 119 Å². The number of hydrogen-bond donors (Lipinski definition) is 2. The van der Waals surface area contributed by atoms with Crippen LogP contribution in [0.3, 0.4) is 0 Å². The molecule has 3 unspecified atom stereocenters. The highest BCUT2D eigenvalue weighted by atomic mass is 32.2. The molecule has 19 heavy (non-hydrogen) atoms. The van der Waals surface area contributed by atoms with Crippen molar-refractivity contribution in [3.8, 4) is 0 Å². The molecule has 2 amide bonds. The summed E-state index contributed by atoms with van der Waals surface area (Å²) in [4.78, 5) is 25.3. The Morgan fingerprint density at radius 1 is 1.37 bits per heavy atom.